The van der Waals surface area contributed by atoms with Crippen molar-refractivity contribution in [3.05, 3.63) is 40.4 Å². The first-order valence-corrected chi connectivity index (χ1v) is 8.63. The van der Waals surface area contributed by atoms with E-state index < -0.39 is 17.2 Å². The fourth-order valence-corrected chi connectivity index (χ4v) is 3.54. The molecule has 0 saturated heterocycles. The van der Waals surface area contributed by atoms with E-state index in [0.29, 0.717) is 10.6 Å². The van der Waals surface area contributed by atoms with Gasteiger partial charge >= 0.3 is 0 Å². The molecule has 0 fully saturated rings. The van der Waals surface area contributed by atoms with Gasteiger partial charge in [-0.15, -0.1) is 0 Å². The van der Waals surface area contributed by atoms with Crippen molar-refractivity contribution < 1.29 is 9.59 Å². The molecule has 0 aliphatic carbocycles. The molecule has 1 aliphatic rings. The van der Waals surface area contributed by atoms with Crippen LogP contribution in [0.25, 0.3) is 0 Å². The third-order valence-corrected chi connectivity index (χ3v) is 5.10. The molecule has 2 amide bonds. The zero-order valence-corrected chi connectivity index (χ0v) is 15.0. The predicted molar refractivity (Wildman–Crippen MR) is 95.9 cm³/mol. The predicted octanol–water partition coefficient (Wildman–Crippen LogP) is 2.70. The maximum absolute atomic E-state index is 12.2. The third-order valence-electron chi connectivity index (χ3n) is 4.10. The number of anilines is 1. The molecule has 128 valence electrons. The lowest BCUT2D eigenvalue weighted by molar-refractivity contribution is -0.125. The van der Waals surface area contributed by atoms with Gasteiger partial charge in [-0.3, -0.25) is 9.59 Å². The molecule has 25 heavy (non-hydrogen) atoms. The van der Waals surface area contributed by atoms with Gasteiger partial charge in [0, 0.05) is 11.1 Å². The second-order valence-corrected chi connectivity index (χ2v) is 7.23. The van der Waals surface area contributed by atoms with Gasteiger partial charge in [0.1, 0.15) is 5.92 Å². The number of hydrogen-bond acceptors (Lipinski definition) is 5. The molecule has 1 heterocycles. The van der Waals surface area contributed by atoms with E-state index in [-0.39, 0.29) is 11.7 Å². The Bertz CT molecular complexity index is 830. The molecule has 0 radical (unpaired) electrons. The minimum Gasteiger partial charge on any atom is -0.325 e. The lowest BCUT2D eigenvalue weighted by atomic mass is 9.72. The van der Waals surface area contributed by atoms with Crippen LogP contribution in [0.3, 0.4) is 0 Å². The normalized spacial score (nSPS) is 18.8. The summed E-state index contributed by atoms with van der Waals surface area (Å²) in [4.78, 5) is 24.3. The number of carbonyl (C=O) groups excluding carboxylic acids is 2. The van der Waals surface area contributed by atoms with Gasteiger partial charge in [0.15, 0.2) is 0 Å². The van der Waals surface area contributed by atoms with Crippen molar-refractivity contribution in [3.8, 4) is 12.1 Å². The van der Waals surface area contributed by atoms with Gasteiger partial charge in [-0.05, 0) is 18.6 Å². The third kappa shape index (κ3) is 3.84. The Morgan fingerprint density at radius 1 is 1.36 bits per heavy atom. The first-order chi connectivity index (χ1) is 11.8. The van der Waals surface area contributed by atoms with E-state index in [1.165, 1.54) is 0 Å². The first kappa shape index (κ1) is 18.6. The quantitative estimate of drug-likeness (QED) is 0.865. The van der Waals surface area contributed by atoms with Gasteiger partial charge in [0.2, 0.25) is 11.8 Å². The molecule has 1 aromatic rings. The lowest BCUT2D eigenvalue weighted by Gasteiger charge is -2.34. The number of amides is 2. The maximum Gasteiger partial charge on any atom is 0.243 e. The van der Waals surface area contributed by atoms with Crippen molar-refractivity contribution in [3.63, 3.8) is 0 Å². The molecule has 0 saturated carbocycles. The summed E-state index contributed by atoms with van der Waals surface area (Å²) in [5.41, 5.74) is 1.08. The van der Waals surface area contributed by atoms with Crippen LogP contribution in [0.1, 0.15) is 19.4 Å². The minimum atomic E-state index is -0.938. The van der Waals surface area contributed by atoms with Crippen molar-refractivity contribution in [2.45, 2.75) is 20.8 Å². The first-order valence-electron chi connectivity index (χ1n) is 7.65. The SMILES string of the molecule is Cc1ccccc1NC(=O)CSC1=C(C#N)C(C)(C)[C@@H](C#N)C(=O)N1. The minimum absolute atomic E-state index is 0.0441. The highest BCUT2D eigenvalue weighted by molar-refractivity contribution is 8.03. The van der Waals surface area contributed by atoms with Crippen LogP contribution in [0.5, 0.6) is 0 Å². The van der Waals surface area contributed by atoms with Crippen molar-refractivity contribution in [1.82, 2.24) is 5.32 Å². The van der Waals surface area contributed by atoms with Gasteiger partial charge < -0.3 is 10.6 Å². The highest BCUT2D eigenvalue weighted by atomic mass is 32.2. The van der Waals surface area contributed by atoms with Gasteiger partial charge in [0.25, 0.3) is 0 Å². The monoisotopic (exact) mass is 354 g/mol. The van der Waals surface area contributed by atoms with Crippen LogP contribution in [0.15, 0.2) is 34.9 Å². The summed E-state index contributed by atoms with van der Waals surface area (Å²) in [6.45, 7) is 5.27. The summed E-state index contributed by atoms with van der Waals surface area (Å²) in [6.07, 6.45) is 0. The van der Waals surface area contributed by atoms with E-state index in [9.17, 15) is 20.1 Å². The molecular formula is C18H18N4O2S. The number of allylic oxidation sites excluding steroid dienone is 1. The number of thioether (sulfide) groups is 1. The van der Waals surface area contributed by atoms with Gasteiger partial charge in [-0.25, -0.2) is 0 Å². The van der Waals surface area contributed by atoms with E-state index in [1.54, 1.807) is 19.9 Å². The number of nitrogens with zero attached hydrogens (tertiary/aromatic N) is 2. The number of para-hydroxylation sites is 1. The van der Waals surface area contributed by atoms with E-state index in [0.717, 1.165) is 23.0 Å². The standard InChI is InChI=1S/C18H18N4O2S/c1-11-6-4-5-7-14(11)21-15(23)10-25-17-13(9-20)18(2,3)12(8-19)16(24)22-17/h4-7,12H,10H2,1-3H3,(H,21,23)(H,22,24)/t12-/m0/s1. The highest BCUT2D eigenvalue weighted by Gasteiger charge is 2.44. The smallest absolute Gasteiger partial charge is 0.243 e. The summed E-state index contributed by atoms with van der Waals surface area (Å²) in [7, 11) is 0. The number of rotatable bonds is 4. The summed E-state index contributed by atoms with van der Waals surface area (Å²) in [6, 6.07) is 11.4. The van der Waals surface area contributed by atoms with Gasteiger partial charge in [-0.2, -0.15) is 10.5 Å². The Morgan fingerprint density at radius 2 is 2.04 bits per heavy atom. The van der Waals surface area contributed by atoms with Crippen LogP contribution >= 0.6 is 11.8 Å². The molecule has 6 nitrogen and oxygen atoms in total. The van der Waals surface area contributed by atoms with E-state index in [1.807, 2.05) is 31.2 Å². The average Bonchev–Trinajstić information content (AvgIpc) is 2.54. The summed E-state index contributed by atoms with van der Waals surface area (Å²) >= 11 is 1.09. The maximum atomic E-state index is 12.2. The zero-order valence-electron chi connectivity index (χ0n) is 14.2. The molecule has 1 aromatic carbocycles. The Hall–Kier alpha value is -2.77. The van der Waals surface area contributed by atoms with E-state index >= 15 is 0 Å². The fourth-order valence-electron chi connectivity index (χ4n) is 2.57. The number of nitrogens with one attached hydrogen (secondary N) is 2. The van der Waals surface area contributed by atoms with Crippen LogP contribution in [-0.2, 0) is 9.59 Å². The van der Waals surface area contributed by atoms with Crippen LogP contribution in [0.2, 0.25) is 0 Å². The molecule has 2 N–H and O–H groups in total. The molecular weight excluding hydrogens is 336 g/mol. The number of carbonyl (C=O) groups is 2. The van der Waals surface area contributed by atoms with Crippen LogP contribution in [0.4, 0.5) is 5.69 Å². The number of benzene rings is 1. The average molecular weight is 354 g/mol. The van der Waals surface area contributed by atoms with Crippen molar-refractivity contribution in [1.29, 1.82) is 10.5 Å². The Morgan fingerprint density at radius 3 is 2.64 bits per heavy atom. The number of aryl methyl sites for hydroxylation is 1. The second kappa shape index (κ2) is 7.42. The van der Waals surface area contributed by atoms with E-state index in [2.05, 4.69) is 16.7 Å². The number of nitriles is 2. The van der Waals surface area contributed by atoms with Gasteiger partial charge in [-0.1, -0.05) is 43.8 Å². The second-order valence-electron chi connectivity index (χ2n) is 6.24. The Balaban J connectivity index is 2.14. The van der Waals surface area contributed by atoms with E-state index in [4.69, 9.17) is 0 Å². The van der Waals surface area contributed by atoms with Crippen molar-refractivity contribution in [2.75, 3.05) is 11.1 Å². The summed E-state index contributed by atoms with van der Waals surface area (Å²) < 4.78 is 0. The largest absolute Gasteiger partial charge is 0.325 e. The Kier molecular flexibility index (Phi) is 5.51. The number of hydrogen-bond donors (Lipinski definition) is 2. The molecule has 7 heteroatoms. The van der Waals surface area contributed by atoms with Crippen LogP contribution in [-0.4, -0.2) is 17.6 Å². The molecule has 0 spiro atoms. The molecule has 2 rings (SSSR count). The highest BCUT2D eigenvalue weighted by Crippen LogP contribution is 2.41. The van der Waals surface area contributed by atoms with Crippen LogP contribution < -0.4 is 10.6 Å². The van der Waals surface area contributed by atoms with Crippen molar-refractivity contribution >= 4 is 29.3 Å². The van der Waals surface area contributed by atoms with Crippen LogP contribution in [0, 0.1) is 40.9 Å². The Labute approximate surface area is 150 Å². The van der Waals surface area contributed by atoms with Crippen molar-refractivity contribution in [2.24, 2.45) is 11.3 Å². The lowest BCUT2D eigenvalue weighted by Crippen LogP contribution is -2.44. The topological polar surface area (TPSA) is 106 Å². The summed E-state index contributed by atoms with van der Waals surface area (Å²) in [5.74, 6) is -1.58. The van der Waals surface area contributed by atoms with Gasteiger partial charge in [0.05, 0.1) is 28.5 Å². The fraction of sp³-hybridized carbons (Fsp3) is 0.333. The molecule has 1 atom stereocenters. The molecule has 0 bridgehead atoms. The molecule has 0 unspecified atom stereocenters. The molecule has 0 aromatic heterocycles. The molecule has 1 aliphatic heterocycles. The zero-order chi connectivity index (χ0) is 18.6. The summed E-state index contributed by atoms with van der Waals surface area (Å²) in [5, 5.41) is 24.4.